The number of hydrogen-bond acceptors (Lipinski definition) is 1. The van der Waals surface area contributed by atoms with Crippen molar-refractivity contribution < 1.29 is 4.74 Å². The lowest BCUT2D eigenvalue weighted by molar-refractivity contribution is 0.372. The van der Waals surface area contributed by atoms with Gasteiger partial charge < -0.3 is 4.74 Å². The summed E-state index contributed by atoms with van der Waals surface area (Å²) in [4.78, 5) is 0. The molecular formula is C24H25OP. The van der Waals surface area contributed by atoms with Gasteiger partial charge in [-0.15, -0.1) is 0 Å². The van der Waals surface area contributed by atoms with E-state index < -0.39 is 7.92 Å². The lowest BCUT2D eigenvalue weighted by atomic mass is 10.0. The molecule has 0 aliphatic heterocycles. The predicted molar refractivity (Wildman–Crippen MR) is 115 cm³/mol. The van der Waals surface area contributed by atoms with Gasteiger partial charge in [0.25, 0.3) is 0 Å². The van der Waals surface area contributed by atoms with Gasteiger partial charge in [0.1, 0.15) is 5.76 Å². The van der Waals surface area contributed by atoms with Crippen molar-refractivity contribution in [1.29, 1.82) is 0 Å². The maximum atomic E-state index is 5.52. The van der Waals surface area contributed by atoms with Crippen LogP contribution in [0.1, 0.15) is 30.9 Å². The van der Waals surface area contributed by atoms with E-state index in [-0.39, 0.29) is 0 Å². The molecule has 0 amide bonds. The summed E-state index contributed by atoms with van der Waals surface area (Å²) in [5.74, 6) is 1.19. The summed E-state index contributed by atoms with van der Waals surface area (Å²) in [6, 6.07) is 28.2. The molecule has 0 unspecified atom stereocenters. The Bertz CT molecular complexity index is 830. The van der Waals surface area contributed by atoms with Crippen molar-refractivity contribution in [2.75, 3.05) is 7.11 Å². The fourth-order valence-corrected chi connectivity index (χ4v) is 5.53. The maximum Gasteiger partial charge on any atom is 0.119 e. The molecule has 0 aliphatic rings. The van der Waals surface area contributed by atoms with E-state index in [1.165, 1.54) is 21.5 Å². The first-order valence-corrected chi connectivity index (χ1v) is 10.2. The van der Waals surface area contributed by atoms with Crippen molar-refractivity contribution in [3.63, 3.8) is 0 Å². The summed E-state index contributed by atoms with van der Waals surface area (Å²) in [6.45, 7) is 8.60. The molecular weight excluding hydrogens is 335 g/mol. The molecule has 2 heteroatoms. The van der Waals surface area contributed by atoms with E-state index in [4.69, 9.17) is 4.74 Å². The second-order valence-electron chi connectivity index (χ2n) is 6.57. The topological polar surface area (TPSA) is 9.23 Å². The minimum Gasteiger partial charge on any atom is -0.497 e. The highest BCUT2D eigenvalue weighted by atomic mass is 31.1. The molecule has 0 saturated heterocycles. The number of rotatable bonds is 6. The highest BCUT2D eigenvalue weighted by Crippen LogP contribution is 2.36. The van der Waals surface area contributed by atoms with Gasteiger partial charge in [-0.3, -0.25) is 0 Å². The molecule has 0 radical (unpaired) electrons. The summed E-state index contributed by atoms with van der Waals surface area (Å²) in [5, 5.41) is 3.97. The second-order valence-corrected chi connectivity index (χ2v) is 8.75. The highest BCUT2D eigenvalue weighted by molar-refractivity contribution is 7.80. The fraction of sp³-hybridized carbons (Fsp3) is 0.167. The minimum atomic E-state index is -0.687. The van der Waals surface area contributed by atoms with Crippen LogP contribution >= 0.6 is 7.92 Å². The van der Waals surface area contributed by atoms with Gasteiger partial charge in [-0.05, 0) is 41.4 Å². The zero-order valence-corrected chi connectivity index (χ0v) is 16.5. The van der Waals surface area contributed by atoms with Crippen LogP contribution in [0.4, 0.5) is 0 Å². The molecule has 0 N–H and O–H groups in total. The lowest BCUT2D eigenvalue weighted by Crippen LogP contribution is -2.24. The number of ether oxygens (including phenoxy) is 1. The van der Waals surface area contributed by atoms with Crippen LogP contribution in [0.2, 0.25) is 0 Å². The van der Waals surface area contributed by atoms with E-state index >= 15 is 0 Å². The summed E-state index contributed by atoms with van der Waals surface area (Å²) in [6.07, 6.45) is 0. The van der Waals surface area contributed by atoms with Gasteiger partial charge >= 0.3 is 0 Å². The first kappa shape index (κ1) is 18.4. The fourth-order valence-electron chi connectivity index (χ4n) is 3.02. The first-order chi connectivity index (χ1) is 12.6. The van der Waals surface area contributed by atoms with Crippen LogP contribution in [0.15, 0.2) is 85.4 Å². The van der Waals surface area contributed by atoms with Crippen LogP contribution in [-0.2, 0) is 4.74 Å². The molecule has 0 fully saturated rings. The molecule has 132 valence electrons. The van der Waals surface area contributed by atoms with Crippen molar-refractivity contribution in [2.24, 2.45) is 0 Å². The van der Waals surface area contributed by atoms with Gasteiger partial charge in [0.05, 0.1) is 7.11 Å². The standard InChI is InChI=1S/C24H25OP/c1-18(2)20-15-16-23(19(3)25-4)24(17-20)26(21-11-7-5-8-12-21)22-13-9-6-10-14-22/h5-18H,3H2,1-2,4H3. The van der Waals surface area contributed by atoms with Crippen LogP contribution in [0.3, 0.4) is 0 Å². The molecule has 0 bridgehead atoms. The molecule has 3 aromatic carbocycles. The Balaban J connectivity index is 2.26. The maximum absolute atomic E-state index is 5.52. The first-order valence-electron chi connectivity index (χ1n) is 8.89. The van der Waals surface area contributed by atoms with Gasteiger partial charge in [0.15, 0.2) is 0 Å². The molecule has 0 saturated carbocycles. The Hall–Kier alpha value is -2.37. The van der Waals surface area contributed by atoms with Crippen LogP contribution in [0, 0.1) is 0 Å². The second kappa shape index (κ2) is 8.34. The van der Waals surface area contributed by atoms with Crippen LogP contribution in [-0.4, -0.2) is 7.11 Å². The number of hydrogen-bond donors (Lipinski definition) is 0. The van der Waals surface area contributed by atoms with Gasteiger partial charge in [0, 0.05) is 5.56 Å². The van der Waals surface area contributed by atoms with Crippen LogP contribution in [0.25, 0.3) is 5.76 Å². The molecule has 0 aliphatic carbocycles. The third-order valence-corrected chi connectivity index (χ3v) is 6.99. The van der Waals surface area contributed by atoms with Crippen molar-refractivity contribution >= 4 is 29.6 Å². The van der Waals surface area contributed by atoms with Crippen molar-refractivity contribution in [1.82, 2.24) is 0 Å². The quantitative estimate of drug-likeness (QED) is 0.434. The summed E-state index contributed by atoms with van der Waals surface area (Å²) < 4.78 is 5.52. The third-order valence-electron chi connectivity index (χ3n) is 4.50. The van der Waals surface area contributed by atoms with Gasteiger partial charge in [-0.25, -0.2) is 0 Å². The number of methoxy groups -OCH3 is 1. The SMILES string of the molecule is C=C(OC)c1ccc(C(C)C)cc1P(c1ccccc1)c1ccccc1. The summed E-state index contributed by atoms with van der Waals surface area (Å²) in [5.41, 5.74) is 2.43. The molecule has 0 spiro atoms. The zero-order valence-electron chi connectivity index (χ0n) is 15.6. The molecule has 26 heavy (non-hydrogen) atoms. The Morgan fingerprint density at radius 1 is 0.846 bits per heavy atom. The highest BCUT2D eigenvalue weighted by Gasteiger charge is 2.21. The van der Waals surface area contributed by atoms with Crippen LogP contribution in [0.5, 0.6) is 0 Å². The molecule has 0 aromatic heterocycles. The predicted octanol–water partition coefficient (Wildman–Crippen LogP) is 5.19. The van der Waals surface area contributed by atoms with Crippen molar-refractivity contribution in [3.05, 3.63) is 96.6 Å². The van der Waals surface area contributed by atoms with E-state index in [9.17, 15) is 0 Å². The Morgan fingerprint density at radius 2 is 1.38 bits per heavy atom. The van der Waals surface area contributed by atoms with E-state index in [1.807, 2.05) is 0 Å². The average molecular weight is 360 g/mol. The number of benzene rings is 3. The van der Waals surface area contributed by atoms with E-state index in [2.05, 4.69) is 99.3 Å². The monoisotopic (exact) mass is 360 g/mol. The Kier molecular flexibility index (Phi) is 5.91. The zero-order chi connectivity index (χ0) is 18.5. The molecule has 1 nitrogen and oxygen atoms in total. The Morgan fingerprint density at radius 3 is 1.85 bits per heavy atom. The Labute approximate surface area is 158 Å². The molecule has 3 rings (SSSR count). The summed E-state index contributed by atoms with van der Waals surface area (Å²) in [7, 11) is 1.00. The minimum absolute atomic E-state index is 0.474. The smallest absolute Gasteiger partial charge is 0.119 e. The summed E-state index contributed by atoms with van der Waals surface area (Å²) >= 11 is 0. The van der Waals surface area contributed by atoms with Crippen molar-refractivity contribution in [3.8, 4) is 0 Å². The molecule has 0 atom stereocenters. The molecule has 0 heterocycles. The lowest BCUT2D eigenvalue weighted by Gasteiger charge is -2.24. The van der Waals surface area contributed by atoms with E-state index in [0.717, 1.165) is 11.3 Å². The third kappa shape index (κ3) is 3.89. The van der Waals surface area contributed by atoms with E-state index in [0.29, 0.717) is 5.92 Å². The largest absolute Gasteiger partial charge is 0.497 e. The average Bonchev–Trinajstić information content (AvgIpc) is 2.69. The van der Waals surface area contributed by atoms with Gasteiger partial charge in [0.2, 0.25) is 0 Å². The molecule has 3 aromatic rings. The van der Waals surface area contributed by atoms with Crippen molar-refractivity contribution in [2.45, 2.75) is 19.8 Å². The van der Waals surface area contributed by atoms with Crippen LogP contribution < -0.4 is 15.9 Å². The normalized spacial score (nSPS) is 11.0. The van der Waals surface area contributed by atoms with E-state index in [1.54, 1.807) is 7.11 Å². The van der Waals surface area contributed by atoms with Gasteiger partial charge in [-0.1, -0.05) is 93.2 Å². The van der Waals surface area contributed by atoms with Gasteiger partial charge in [-0.2, -0.15) is 0 Å².